The molecule has 2 aromatic rings. The lowest BCUT2D eigenvalue weighted by Gasteiger charge is -2.25. The zero-order valence-electron chi connectivity index (χ0n) is 14.7. The molecule has 0 aliphatic rings. The van der Waals surface area contributed by atoms with Crippen LogP contribution < -0.4 is 10.2 Å². The third-order valence-corrected chi connectivity index (χ3v) is 3.47. The van der Waals surface area contributed by atoms with Crippen molar-refractivity contribution >= 4 is 17.3 Å². The van der Waals surface area contributed by atoms with Gasteiger partial charge in [-0.2, -0.15) is 31.3 Å². The molecule has 29 heavy (non-hydrogen) atoms. The molecule has 0 unspecified atom stereocenters. The van der Waals surface area contributed by atoms with E-state index >= 15 is 0 Å². The molecule has 13 heteroatoms. The lowest BCUT2D eigenvalue weighted by Crippen LogP contribution is -2.34. The molecular weight excluding hydrogens is 408 g/mol. The van der Waals surface area contributed by atoms with Crippen molar-refractivity contribution < 1.29 is 35.7 Å². The first-order valence-corrected chi connectivity index (χ1v) is 7.85. The van der Waals surface area contributed by atoms with E-state index in [2.05, 4.69) is 20.3 Å². The van der Waals surface area contributed by atoms with Crippen LogP contribution in [0, 0.1) is 6.57 Å². The number of anilines is 1. The van der Waals surface area contributed by atoms with E-state index in [1.54, 1.807) is 0 Å². The molecule has 1 aromatic carbocycles. The second kappa shape index (κ2) is 8.38. The number of aromatic nitrogens is 2. The summed E-state index contributed by atoms with van der Waals surface area (Å²) < 4.78 is 83.1. The molecule has 0 spiro atoms. The van der Waals surface area contributed by atoms with E-state index in [0.717, 1.165) is 12.1 Å². The van der Waals surface area contributed by atoms with Crippen molar-refractivity contribution in [1.82, 2.24) is 15.5 Å². The summed E-state index contributed by atoms with van der Waals surface area (Å²) in [7, 11) is 0. The molecular formula is C16H13F6N5O2. The molecule has 0 bridgehead atoms. The quantitative estimate of drug-likeness (QED) is 0.567. The minimum atomic E-state index is -4.92. The van der Waals surface area contributed by atoms with Gasteiger partial charge in [0.15, 0.2) is 11.5 Å². The van der Waals surface area contributed by atoms with Gasteiger partial charge in [-0.3, -0.25) is 4.79 Å². The Morgan fingerprint density at radius 3 is 2.52 bits per heavy atom. The minimum Gasteiger partial charge on any atom is -0.355 e. The third kappa shape index (κ3) is 6.37. The van der Waals surface area contributed by atoms with E-state index in [0.29, 0.717) is 11.0 Å². The van der Waals surface area contributed by atoms with Crippen LogP contribution in [0.4, 0.5) is 37.7 Å². The molecule has 0 radical (unpaired) electrons. The van der Waals surface area contributed by atoms with Crippen molar-refractivity contribution in [3.8, 4) is 0 Å². The summed E-state index contributed by atoms with van der Waals surface area (Å²) in [6.45, 7) is 5.68. The van der Waals surface area contributed by atoms with Crippen LogP contribution in [0.2, 0.25) is 0 Å². The Morgan fingerprint density at radius 2 is 1.97 bits per heavy atom. The van der Waals surface area contributed by atoms with Crippen molar-refractivity contribution in [1.29, 1.82) is 0 Å². The third-order valence-electron chi connectivity index (χ3n) is 3.47. The van der Waals surface area contributed by atoms with Crippen LogP contribution in [0.1, 0.15) is 24.2 Å². The van der Waals surface area contributed by atoms with Crippen LogP contribution in [-0.4, -0.2) is 28.8 Å². The van der Waals surface area contributed by atoms with Crippen LogP contribution in [0.25, 0.3) is 4.85 Å². The van der Waals surface area contributed by atoms with Crippen molar-refractivity contribution in [2.45, 2.75) is 32.4 Å². The monoisotopic (exact) mass is 421 g/mol. The second-order valence-corrected chi connectivity index (χ2v) is 5.80. The molecule has 2 rings (SSSR count). The first-order chi connectivity index (χ1) is 13.4. The van der Waals surface area contributed by atoms with Gasteiger partial charge in [0.1, 0.15) is 6.54 Å². The lowest BCUT2D eigenvalue weighted by molar-refractivity contribution is -0.136. The van der Waals surface area contributed by atoms with Gasteiger partial charge < -0.3 is 14.7 Å². The van der Waals surface area contributed by atoms with Crippen molar-refractivity contribution in [2.24, 2.45) is 0 Å². The first kappa shape index (κ1) is 22.0. The average Bonchev–Trinajstić information content (AvgIpc) is 3.04. The summed E-state index contributed by atoms with van der Waals surface area (Å²) in [6, 6.07) is 2.25. The first-order valence-electron chi connectivity index (χ1n) is 7.85. The predicted molar refractivity (Wildman–Crippen MR) is 86.6 cm³/mol. The minimum absolute atomic E-state index is 0.0820. The summed E-state index contributed by atoms with van der Waals surface area (Å²) in [4.78, 5) is 18.0. The summed E-state index contributed by atoms with van der Waals surface area (Å²) in [6.07, 6.45) is -9.66. The Labute approximate surface area is 160 Å². The Hall–Kier alpha value is -3.30. The maximum Gasteiger partial charge on any atom is 0.407 e. The van der Waals surface area contributed by atoms with E-state index in [4.69, 9.17) is 11.1 Å². The molecule has 0 aliphatic carbocycles. The van der Waals surface area contributed by atoms with Crippen molar-refractivity contribution in [2.75, 3.05) is 11.4 Å². The predicted octanol–water partition coefficient (Wildman–Crippen LogP) is 3.84. The maximum atomic E-state index is 13.1. The topological polar surface area (TPSA) is 75.6 Å². The Bertz CT molecular complexity index is 916. The number of hydrogen-bond acceptors (Lipinski definition) is 5. The van der Waals surface area contributed by atoms with Gasteiger partial charge in [-0.05, 0) is 12.1 Å². The number of alkyl halides is 6. The van der Waals surface area contributed by atoms with Gasteiger partial charge in [0.05, 0.1) is 25.2 Å². The number of amides is 1. The van der Waals surface area contributed by atoms with Gasteiger partial charge in [0.25, 0.3) is 0 Å². The smallest absolute Gasteiger partial charge is 0.355 e. The summed E-state index contributed by atoms with van der Waals surface area (Å²) in [5.74, 6) is -0.707. The van der Waals surface area contributed by atoms with Gasteiger partial charge in [-0.15, -0.1) is 0 Å². The van der Waals surface area contributed by atoms with Gasteiger partial charge >= 0.3 is 12.4 Å². The fourth-order valence-electron chi connectivity index (χ4n) is 2.30. The molecule has 0 saturated heterocycles. The van der Waals surface area contributed by atoms with Gasteiger partial charge in [0.2, 0.25) is 11.8 Å². The fourth-order valence-corrected chi connectivity index (χ4v) is 2.30. The maximum absolute atomic E-state index is 13.1. The number of carbonyl (C=O) groups excluding carboxylic acids is 1. The number of carbonyl (C=O) groups is 1. The summed E-state index contributed by atoms with van der Waals surface area (Å²) in [5, 5.41) is 5.83. The highest BCUT2D eigenvalue weighted by Gasteiger charge is 2.36. The molecule has 0 atom stereocenters. The van der Waals surface area contributed by atoms with E-state index in [-0.39, 0.29) is 18.3 Å². The zero-order valence-corrected chi connectivity index (χ0v) is 14.7. The normalized spacial score (nSPS) is 11.8. The van der Waals surface area contributed by atoms with Crippen molar-refractivity contribution in [3.63, 3.8) is 0 Å². The highest BCUT2D eigenvalue weighted by atomic mass is 19.4. The standard InChI is InChI=1S/C16H13F6N5O2/c1-9(28)24-6-14-25-13(26-29-14)7-27(8-15(17,18)19)10-3-4-12(23-2)11(5-10)16(20,21)22/h3-5H,6-8H2,1H3,(H,24,28). The molecule has 1 N–H and O–H groups in total. The number of halogens is 6. The van der Waals surface area contributed by atoms with Crippen LogP contribution >= 0.6 is 0 Å². The summed E-state index contributed by atoms with van der Waals surface area (Å²) >= 11 is 0. The summed E-state index contributed by atoms with van der Waals surface area (Å²) in [5.41, 5.74) is -2.50. The Balaban J connectivity index is 2.34. The van der Waals surface area contributed by atoms with Gasteiger partial charge in [0, 0.05) is 12.6 Å². The molecule has 0 saturated carbocycles. The van der Waals surface area contributed by atoms with Crippen molar-refractivity contribution in [3.05, 3.63) is 46.9 Å². The number of benzene rings is 1. The number of rotatable bonds is 6. The molecule has 0 aliphatic heterocycles. The molecule has 1 heterocycles. The van der Waals surface area contributed by atoms with Crippen LogP contribution in [-0.2, 0) is 24.1 Å². The van der Waals surface area contributed by atoms with Crippen LogP contribution in [0.5, 0.6) is 0 Å². The Kier molecular flexibility index (Phi) is 6.35. The molecule has 1 aromatic heterocycles. The zero-order chi connectivity index (χ0) is 21.8. The SMILES string of the molecule is [C-]#[N+]c1ccc(N(Cc2noc(CNC(C)=O)n2)CC(F)(F)F)cc1C(F)(F)F. The molecule has 156 valence electrons. The number of hydrogen-bond donors (Lipinski definition) is 1. The fraction of sp³-hybridized carbons (Fsp3) is 0.375. The van der Waals surface area contributed by atoms with Gasteiger partial charge in [-0.25, -0.2) is 4.85 Å². The largest absolute Gasteiger partial charge is 0.407 e. The lowest BCUT2D eigenvalue weighted by atomic mass is 10.1. The highest BCUT2D eigenvalue weighted by Crippen LogP contribution is 2.39. The molecule has 0 fully saturated rings. The number of nitrogens with one attached hydrogen (secondary N) is 1. The highest BCUT2D eigenvalue weighted by molar-refractivity contribution is 5.72. The van der Waals surface area contributed by atoms with E-state index in [1.807, 2.05) is 0 Å². The van der Waals surface area contributed by atoms with Gasteiger partial charge in [-0.1, -0.05) is 11.2 Å². The van der Waals surface area contributed by atoms with E-state index in [9.17, 15) is 31.1 Å². The number of nitrogens with zero attached hydrogens (tertiary/aromatic N) is 4. The van der Waals surface area contributed by atoms with Crippen LogP contribution in [0.15, 0.2) is 22.7 Å². The average molecular weight is 421 g/mol. The van der Waals surface area contributed by atoms with E-state index in [1.165, 1.54) is 6.92 Å². The molecule has 1 amide bonds. The molecule has 7 nitrogen and oxygen atoms in total. The second-order valence-electron chi connectivity index (χ2n) is 5.80. The Morgan fingerprint density at radius 1 is 1.28 bits per heavy atom. The van der Waals surface area contributed by atoms with E-state index < -0.39 is 48.3 Å². The van der Waals surface area contributed by atoms with Crippen LogP contribution in [0.3, 0.4) is 0 Å².